The first kappa shape index (κ1) is 21.7. The van der Waals surface area contributed by atoms with Gasteiger partial charge in [0.15, 0.2) is 0 Å². The first-order valence-corrected chi connectivity index (χ1v) is 5.37. The molecule has 2 amide bonds. The van der Waals surface area contributed by atoms with Crippen LogP contribution in [0.5, 0.6) is 0 Å². The van der Waals surface area contributed by atoms with Gasteiger partial charge in [-0.1, -0.05) is 51.2 Å². The molecule has 0 heterocycles. The van der Waals surface area contributed by atoms with E-state index >= 15 is 0 Å². The summed E-state index contributed by atoms with van der Waals surface area (Å²) in [7, 11) is 0. The van der Waals surface area contributed by atoms with E-state index in [-0.39, 0.29) is 31.1 Å². The van der Waals surface area contributed by atoms with E-state index < -0.39 is 5.91 Å². The molecule has 0 bridgehead atoms. The van der Waals surface area contributed by atoms with Gasteiger partial charge in [0.25, 0.3) is 0 Å². The van der Waals surface area contributed by atoms with Crippen LogP contribution in [0.25, 0.3) is 0 Å². The molecule has 17 heavy (non-hydrogen) atoms. The van der Waals surface area contributed by atoms with Gasteiger partial charge in [-0.15, -0.1) is 0 Å². The number of hydrogen-bond acceptors (Lipinski definition) is 2. The van der Waals surface area contributed by atoms with E-state index in [2.05, 4.69) is 6.58 Å². The Morgan fingerprint density at radius 1 is 1.41 bits per heavy atom. The number of nitrogens with one attached hydrogen (secondary N) is 1. The van der Waals surface area contributed by atoms with Crippen LogP contribution in [-0.4, -0.2) is 12.3 Å². The quantitative estimate of drug-likeness (QED) is 0.297. The molecule has 0 fully saturated rings. The summed E-state index contributed by atoms with van der Waals surface area (Å²) >= 11 is 0. The third kappa shape index (κ3) is 9.14. The molecule has 0 saturated heterocycles. The summed E-state index contributed by atoms with van der Waals surface area (Å²) in [5.41, 5.74) is 1.25. The third-order valence-electron chi connectivity index (χ3n) is 1.71. The van der Waals surface area contributed by atoms with Crippen LogP contribution in [-0.2, 0) is 9.59 Å². The zero-order valence-electron chi connectivity index (χ0n) is 11.0. The number of carbonyl (C=O) groups excluding carboxylic acids is 2. The minimum absolute atomic E-state index is 0. The first-order chi connectivity index (χ1) is 7.71. The van der Waals surface area contributed by atoms with E-state index in [0.717, 1.165) is 5.57 Å². The Morgan fingerprint density at radius 3 is 2.24 bits per heavy atom. The number of carbonyl (C=O) groups is 1. The number of imide groups is 1. The van der Waals surface area contributed by atoms with Crippen molar-refractivity contribution < 1.29 is 40.7 Å². The molecular weight excluding hydrogens is 440 g/mol. The minimum Gasteiger partial charge on any atom is -0.458 e. The molecule has 0 saturated carbocycles. The number of amides is 2. The molecule has 0 radical (unpaired) electrons. The second kappa shape index (κ2) is 15.4. The van der Waals surface area contributed by atoms with Crippen molar-refractivity contribution >= 4 is 12.3 Å². The maximum Gasteiger partial charge on any atom is 0.100 e. The van der Waals surface area contributed by atoms with E-state index in [4.69, 9.17) is 0 Å². The smallest absolute Gasteiger partial charge is 0.100 e. The fourth-order valence-corrected chi connectivity index (χ4v) is 1.08. The summed E-state index contributed by atoms with van der Waals surface area (Å²) < 4.78 is 0. The molecule has 0 unspecified atom stereocenters. The summed E-state index contributed by atoms with van der Waals surface area (Å²) in [5.74, 6) is -0.468. The SMILES string of the molecule is C=C/C(C(=O)N[C-]=O)=C(\C=C/C)CC.CC.[U]. The Kier molecular flexibility index (Phi) is 19.6. The summed E-state index contributed by atoms with van der Waals surface area (Å²) in [6.07, 6.45) is 7.14. The minimum atomic E-state index is -0.468. The Hall–Kier alpha value is -0.588. The van der Waals surface area contributed by atoms with Crippen molar-refractivity contribution in [2.45, 2.75) is 34.1 Å². The Balaban J connectivity index is -0.000000616. The summed E-state index contributed by atoms with van der Waals surface area (Å²) in [5, 5.41) is 1.96. The molecule has 3 nitrogen and oxygen atoms in total. The Labute approximate surface area is 128 Å². The molecule has 4 heteroatoms. The molecule has 0 aromatic carbocycles. The van der Waals surface area contributed by atoms with E-state index in [1.165, 1.54) is 12.5 Å². The fourth-order valence-electron chi connectivity index (χ4n) is 1.08. The van der Waals surface area contributed by atoms with Crippen LogP contribution in [0.15, 0.2) is 36.0 Å². The Bertz CT molecular complexity index is 294. The van der Waals surface area contributed by atoms with E-state index in [1.807, 2.05) is 45.2 Å². The Morgan fingerprint density at radius 2 is 1.94 bits per heavy atom. The predicted octanol–water partition coefficient (Wildman–Crippen LogP) is 2.66. The van der Waals surface area contributed by atoms with E-state index in [9.17, 15) is 9.59 Å². The largest absolute Gasteiger partial charge is 0.458 e. The van der Waals surface area contributed by atoms with Crippen LogP contribution in [0.1, 0.15) is 34.1 Å². The number of rotatable bonds is 5. The second-order valence-corrected chi connectivity index (χ2v) is 2.55. The van der Waals surface area contributed by atoms with Crippen molar-refractivity contribution in [1.82, 2.24) is 5.32 Å². The van der Waals surface area contributed by atoms with Crippen LogP contribution in [0.3, 0.4) is 0 Å². The van der Waals surface area contributed by atoms with Gasteiger partial charge in [-0.05, 0) is 18.9 Å². The predicted molar refractivity (Wildman–Crippen MR) is 67.5 cm³/mol. The molecule has 0 aromatic rings. The summed E-state index contributed by atoms with van der Waals surface area (Å²) in [4.78, 5) is 21.3. The molecule has 1 N–H and O–H groups in total. The van der Waals surface area contributed by atoms with Gasteiger partial charge in [-0.25, -0.2) is 0 Å². The molecule has 0 atom stereocenters. The molecule has 0 aliphatic heterocycles. The summed E-state index contributed by atoms with van der Waals surface area (Å²) in [6, 6.07) is 0. The molecule has 0 rings (SSSR count). The fraction of sp³-hybridized carbons (Fsp3) is 0.385. The van der Waals surface area contributed by atoms with E-state index in [1.54, 1.807) is 0 Å². The molecule has 0 aliphatic carbocycles. The van der Waals surface area contributed by atoms with Crippen LogP contribution in [0.2, 0.25) is 0 Å². The van der Waals surface area contributed by atoms with Gasteiger partial charge in [0.2, 0.25) is 0 Å². The normalized spacial score (nSPS) is 10.4. The van der Waals surface area contributed by atoms with Crippen molar-refractivity contribution in [1.29, 1.82) is 0 Å². The van der Waals surface area contributed by atoms with Crippen LogP contribution >= 0.6 is 0 Å². The number of hydrogen-bond donors (Lipinski definition) is 1. The van der Waals surface area contributed by atoms with Gasteiger partial charge < -0.3 is 14.9 Å². The summed E-state index contributed by atoms with van der Waals surface area (Å²) in [6.45, 7) is 11.3. The molecule has 94 valence electrons. The van der Waals surface area contributed by atoms with Crippen LogP contribution in [0.4, 0.5) is 0 Å². The zero-order valence-corrected chi connectivity index (χ0v) is 15.1. The molecule has 0 aliphatic rings. The average molecular weight is 460 g/mol. The zero-order chi connectivity index (χ0) is 13.0. The monoisotopic (exact) mass is 460 g/mol. The van der Waals surface area contributed by atoms with E-state index in [0.29, 0.717) is 12.0 Å². The van der Waals surface area contributed by atoms with Crippen LogP contribution in [0, 0.1) is 31.1 Å². The molecular formula is C13H20NO2U-. The molecule has 0 aromatic heterocycles. The van der Waals surface area contributed by atoms with Gasteiger partial charge in [0.05, 0.1) is 6.41 Å². The van der Waals surface area contributed by atoms with Crippen molar-refractivity contribution in [2.75, 3.05) is 0 Å². The van der Waals surface area contributed by atoms with Crippen molar-refractivity contribution in [2.24, 2.45) is 0 Å². The maximum absolute atomic E-state index is 11.3. The second-order valence-electron chi connectivity index (χ2n) is 2.55. The standard InChI is InChI=1S/C11H14NO2.C2H6.U/c1-4-7-9(5-2)10(6-3)11(14)12-8-13;1-2;/h4,6-7H,3,5H2,1-2H3,(H,12,13,14);1-2H3;/q-1;;/b7-4-,10-9+;;. The van der Waals surface area contributed by atoms with Crippen molar-refractivity contribution in [3.8, 4) is 0 Å². The van der Waals surface area contributed by atoms with Crippen molar-refractivity contribution in [3.63, 3.8) is 0 Å². The third-order valence-corrected chi connectivity index (χ3v) is 1.71. The van der Waals surface area contributed by atoms with Gasteiger partial charge in [0, 0.05) is 31.1 Å². The van der Waals surface area contributed by atoms with Gasteiger partial charge in [0.1, 0.15) is 5.91 Å². The van der Waals surface area contributed by atoms with Gasteiger partial charge in [-0.2, -0.15) is 0 Å². The van der Waals surface area contributed by atoms with Crippen molar-refractivity contribution in [3.05, 3.63) is 36.0 Å². The van der Waals surface area contributed by atoms with Gasteiger partial charge >= 0.3 is 0 Å². The number of allylic oxidation sites excluding steroid dienone is 3. The first-order valence-electron chi connectivity index (χ1n) is 5.37. The van der Waals surface area contributed by atoms with Gasteiger partial charge in [-0.3, -0.25) is 0 Å². The van der Waals surface area contributed by atoms with Crippen LogP contribution < -0.4 is 5.32 Å². The molecule has 0 spiro atoms. The topological polar surface area (TPSA) is 46.2 Å². The average Bonchev–Trinajstić information content (AvgIpc) is 2.32. The maximum atomic E-state index is 11.3.